The van der Waals surface area contributed by atoms with E-state index in [1.165, 1.54) is 6.42 Å². The van der Waals surface area contributed by atoms with Crippen molar-refractivity contribution in [1.29, 1.82) is 0 Å². The molecule has 1 aliphatic heterocycles. The van der Waals surface area contributed by atoms with Gasteiger partial charge in [0.25, 0.3) is 5.91 Å². The Morgan fingerprint density at radius 1 is 1.17 bits per heavy atom. The third kappa shape index (κ3) is 4.38. The van der Waals surface area contributed by atoms with Crippen LogP contribution in [0.5, 0.6) is 0 Å². The molecule has 1 N–H and O–H groups in total. The molecular weight excluding hydrogens is 419 g/mol. The largest absolute Gasteiger partial charge is 0.349 e. The number of nitrogens with zero attached hydrogens (tertiary/aromatic N) is 3. The third-order valence-corrected chi connectivity index (χ3v) is 6.14. The molecule has 0 radical (unpaired) electrons. The molecule has 1 aliphatic rings. The van der Waals surface area contributed by atoms with Gasteiger partial charge in [0.15, 0.2) is 0 Å². The number of hydrogen-bond acceptors (Lipinski definition) is 3. The number of nitrogens with one attached hydrogen (secondary N) is 1. The van der Waals surface area contributed by atoms with E-state index in [0.717, 1.165) is 30.8 Å². The number of hydrogen-bond donors (Lipinski definition) is 1. The van der Waals surface area contributed by atoms with E-state index in [9.17, 15) is 4.79 Å². The number of halogens is 2. The lowest BCUT2D eigenvalue weighted by molar-refractivity contribution is 0.0937. The predicted octanol–water partition coefficient (Wildman–Crippen LogP) is 5.06. The van der Waals surface area contributed by atoms with E-state index in [1.54, 1.807) is 6.20 Å². The summed E-state index contributed by atoms with van der Waals surface area (Å²) >= 11 is 12.5. The lowest BCUT2D eigenvalue weighted by Gasteiger charge is -2.22. The van der Waals surface area contributed by atoms with Crippen molar-refractivity contribution < 1.29 is 4.79 Å². The van der Waals surface area contributed by atoms with Crippen molar-refractivity contribution in [3.63, 3.8) is 0 Å². The van der Waals surface area contributed by atoms with Gasteiger partial charge < -0.3 is 5.32 Å². The molecule has 1 unspecified atom stereocenters. The van der Waals surface area contributed by atoms with Crippen molar-refractivity contribution in [3.8, 4) is 17.1 Å². The molecule has 0 saturated carbocycles. The second kappa shape index (κ2) is 9.21. The molecule has 3 aromatic rings. The van der Waals surface area contributed by atoms with Crippen molar-refractivity contribution in [2.24, 2.45) is 0 Å². The van der Waals surface area contributed by atoms with Crippen LogP contribution in [0.15, 0.2) is 54.7 Å². The first-order valence-corrected chi connectivity index (χ1v) is 10.9. The van der Waals surface area contributed by atoms with Gasteiger partial charge in [-0.1, -0.05) is 42.3 Å². The molecule has 156 valence electrons. The van der Waals surface area contributed by atoms with Crippen LogP contribution in [0, 0.1) is 0 Å². The summed E-state index contributed by atoms with van der Waals surface area (Å²) in [7, 11) is 0. The summed E-state index contributed by atoms with van der Waals surface area (Å²) in [5.74, 6) is 0.433. The first kappa shape index (κ1) is 20.9. The first-order chi connectivity index (χ1) is 14.6. The van der Waals surface area contributed by atoms with Crippen molar-refractivity contribution in [2.75, 3.05) is 19.6 Å². The van der Waals surface area contributed by atoms with E-state index >= 15 is 0 Å². The highest BCUT2D eigenvalue weighted by Gasteiger charge is 2.24. The fourth-order valence-electron chi connectivity index (χ4n) is 3.96. The number of rotatable bonds is 6. The standard InChI is InChI=1S/C23H24Cl2N4O/c1-2-28-13-5-6-18(28)14-26-23(30)21-15-29(17-11-9-16(24)10-12-17)22(27-21)19-7-3-4-8-20(19)25/h3-4,7-12,15,18H,2,5-6,13-14H2,1H3,(H,26,30). The molecule has 1 saturated heterocycles. The SMILES string of the molecule is CCN1CCCC1CNC(=O)c1cn(-c2ccc(Cl)cc2)c(-c2ccccc2Cl)n1. The summed E-state index contributed by atoms with van der Waals surface area (Å²) in [6, 6.07) is 15.3. The van der Waals surface area contributed by atoms with Gasteiger partial charge in [-0.25, -0.2) is 4.98 Å². The zero-order chi connectivity index (χ0) is 21.1. The molecule has 1 amide bonds. The molecule has 0 aliphatic carbocycles. The highest BCUT2D eigenvalue weighted by atomic mass is 35.5. The first-order valence-electron chi connectivity index (χ1n) is 10.2. The van der Waals surface area contributed by atoms with E-state index in [2.05, 4.69) is 22.1 Å². The van der Waals surface area contributed by atoms with E-state index in [0.29, 0.717) is 34.2 Å². The number of likely N-dealkylation sites (tertiary alicyclic amines) is 1. The van der Waals surface area contributed by atoms with Gasteiger partial charge in [0.1, 0.15) is 11.5 Å². The van der Waals surface area contributed by atoms with Crippen molar-refractivity contribution in [1.82, 2.24) is 19.8 Å². The van der Waals surface area contributed by atoms with Gasteiger partial charge in [0.05, 0.1) is 5.02 Å². The maximum atomic E-state index is 12.9. The summed E-state index contributed by atoms with van der Waals surface area (Å²) in [6.07, 6.45) is 4.04. The third-order valence-electron chi connectivity index (χ3n) is 5.56. The smallest absolute Gasteiger partial charge is 0.271 e. The van der Waals surface area contributed by atoms with Crippen LogP contribution >= 0.6 is 23.2 Å². The molecule has 2 aromatic carbocycles. The monoisotopic (exact) mass is 442 g/mol. The number of amides is 1. The highest BCUT2D eigenvalue weighted by Crippen LogP contribution is 2.29. The van der Waals surface area contributed by atoms with Crippen molar-refractivity contribution in [3.05, 3.63) is 70.5 Å². The Hall–Kier alpha value is -2.34. The minimum atomic E-state index is -0.182. The van der Waals surface area contributed by atoms with Crippen LogP contribution < -0.4 is 5.32 Å². The van der Waals surface area contributed by atoms with Crippen molar-refractivity contribution in [2.45, 2.75) is 25.8 Å². The summed E-state index contributed by atoms with van der Waals surface area (Å²) < 4.78 is 1.88. The van der Waals surface area contributed by atoms with Gasteiger partial charge >= 0.3 is 0 Å². The number of benzene rings is 2. The Kier molecular flexibility index (Phi) is 6.42. The van der Waals surface area contributed by atoms with E-state index in [-0.39, 0.29) is 5.91 Å². The van der Waals surface area contributed by atoms with Crippen LogP contribution in [-0.4, -0.2) is 46.0 Å². The fourth-order valence-corrected chi connectivity index (χ4v) is 4.31. The van der Waals surface area contributed by atoms with Gasteiger partial charge in [0, 0.05) is 35.1 Å². The average Bonchev–Trinajstić information content (AvgIpc) is 3.40. The molecule has 1 aromatic heterocycles. The van der Waals surface area contributed by atoms with E-state index < -0.39 is 0 Å². The summed E-state index contributed by atoms with van der Waals surface area (Å²) in [5.41, 5.74) is 1.98. The Labute approximate surface area is 186 Å². The van der Waals surface area contributed by atoms with Crippen LogP contribution in [0.1, 0.15) is 30.3 Å². The second-order valence-corrected chi connectivity index (χ2v) is 8.25. The number of imidazole rings is 1. The maximum absolute atomic E-state index is 12.9. The minimum absolute atomic E-state index is 0.182. The van der Waals surface area contributed by atoms with Crippen LogP contribution in [0.2, 0.25) is 10.0 Å². The summed E-state index contributed by atoms with van der Waals surface area (Å²) in [6.45, 7) is 4.88. The van der Waals surface area contributed by atoms with Crippen LogP contribution in [0.25, 0.3) is 17.1 Å². The molecule has 2 heterocycles. The van der Waals surface area contributed by atoms with Crippen LogP contribution in [-0.2, 0) is 0 Å². The minimum Gasteiger partial charge on any atom is -0.349 e. The molecular formula is C23H24Cl2N4O. The van der Waals surface area contributed by atoms with Crippen LogP contribution in [0.4, 0.5) is 0 Å². The highest BCUT2D eigenvalue weighted by molar-refractivity contribution is 6.33. The molecule has 0 spiro atoms. The van der Waals surface area contributed by atoms with Crippen molar-refractivity contribution >= 4 is 29.1 Å². The molecule has 30 heavy (non-hydrogen) atoms. The second-order valence-electron chi connectivity index (χ2n) is 7.41. The predicted molar refractivity (Wildman–Crippen MR) is 122 cm³/mol. The Bertz CT molecular complexity index is 1030. The number of likely N-dealkylation sites (N-methyl/N-ethyl adjacent to an activating group) is 1. The van der Waals surface area contributed by atoms with Gasteiger partial charge in [-0.3, -0.25) is 14.3 Å². The quantitative estimate of drug-likeness (QED) is 0.580. The Balaban J connectivity index is 1.64. The molecule has 7 heteroatoms. The zero-order valence-corrected chi connectivity index (χ0v) is 18.3. The number of carbonyl (C=O) groups excluding carboxylic acids is 1. The summed E-state index contributed by atoms with van der Waals surface area (Å²) in [5, 5.41) is 4.29. The Morgan fingerprint density at radius 3 is 2.67 bits per heavy atom. The fraction of sp³-hybridized carbons (Fsp3) is 0.304. The number of aromatic nitrogens is 2. The lowest BCUT2D eigenvalue weighted by Crippen LogP contribution is -2.40. The maximum Gasteiger partial charge on any atom is 0.271 e. The zero-order valence-electron chi connectivity index (χ0n) is 16.8. The van der Waals surface area contributed by atoms with E-state index in [1.807, 2.05) is 53.1 Å². The van der Waals surface area contributed by atoms with Crippen LogP contribution in [0.3, 0.4) is 0 Å². The van der Waals surface area contributed by atoms with Gasteiger partial charge in [0.2, 0.25) is 0 Å². The molecule has 1 atom stereocenters. The lowest BCUT2D eigenvalue weighted by atomic mass is 10.2. The number of carbonyl (C=O) groups is 1. The van der Waals surface area contributed by atoms with Gasteiger partial charge in [-0.05, 0) is 62.3 Å². The normalized spacial score (nSPS) is 16.7. The van der Waals surface area contributed by atoms with Gasteiger partial charge in [-0.2, -0.15) is 0 Å². The molecule has 4 rings (SSSR count). The molecule has 0 bridgehead atoms. The summed E-state index contributed by atoms with van der Waals surface area (Å²) in [4.78, 5) is 20.0. The topological polar surface area (TPSA) is 50.2 Å². The van der Waals surface area contributed by atoms with E-state index in [4.69, 9.17) is 23.2 Å². The Morgan fingerprint density at radius 2 is 1.93 bits per heavy atom. The average molecular weight is 443 g/mol. The molecule has 1 fully saturated rings. The van der Waals surface area contributed by atoms with Gasteiger partial charge in [-0.15, -0.1) is 0 Å². The molecule has 5 nitrogen and oxygen atoms in total.